The van der Waals surface area contributed by atoms with Crippen LogP contribution in [0.5, 0.6) is 0 Å². The molecule has 2 rings (SSSR count). The van der Waals surface area contributed by atoms with E-state index in [-0.39, 0.29) is 6.10 Å². The number of ether oxygens (including phenoxy) is 1. The summed E-state index contributed by atoms with van der Waals surface area (Å²) in [7, 11) is 2.11. The summed E-state index contributed by atoms with van der Waals surface area (Å²) in [5.74, 6) is 0.812. The molecule has 1 N–H and O–H groups in total. The van der Waals surface area contributed by atoms with Gasteiger partial charge in [-0.3, -0.25) is 0 Å². The average Bonchev–Trinajstić information content (AvgIpc) is 2.28. The number of anilines is 1. The van der Waals surface area contributed by atoms with E-state index in [0.717, 1.165) is 36.5 Å². The predicted molar refractivity (Wildman–Crippen MR) is 65.5 cm³/mol. The number of halogens is 1. The van der Waals surface area contributed by atoms with Crippen LogP contribution in [0.2, 0.25) is 0 Å². The molecule has 1 atom stereocenters. The molecule has 1 aromatic heterocycles. The van der Waals surface area contributed by atoms with Crippen molar-refractivity contribution >= 4 is 21.7 Å². The standard InChI is InChI=1S/C10H15BrN4O/c1-15-2-3-16-8(6-15)4-13-10-9(11)5-12-7-14-10/h5,7-8H,2-4,6H2,1H3,(H,12,13,14). The first-order valence-corrected chi connectivity index (χ1v) is 6.04. The number of rotatable bonds is 3. The summed E-state index contributed by atoms with van der Waals surface area (Å²) in [5, 5.41) is 3.25. The fourth-order valence-electron chi connectivity index (χ4n) is 1.64. The second kappa shape index (κ2) is 5.56. The summed E-state index contributed by atoms with van der Waals surface area (Å²) in [6, 6.07) is 0. The number of aromatic nitrogens is 2. The molecule has 5 nitrogen and oxygen atoms in total. The van der Waals surface area contributed by atoms with Gasteiger partial charge in [0.25, 0.3) is 0 Å². The quantitative estimate of drug-likeness (QED) is 0.898. The molecule has 1 aliphatic heterocycles. The monoisotopic (exact) mass is 286 g/mol. The largest absolute Gasteiger partial charge is 0.374 e. The van der Waals surface area contributed by atoms with Gasteiger partial charge in [-0.25, -0.2) is 9.97 Å². The highest BCUT2D eigenvalue weighted by Crippen LogP contribution is 2.17. The van der Waals surface area contributed by atoms with Crippen molar-refractivity contribution in [2.45, 2.75) is 6.10 Å². The predicted octanol–water partition coefficient (Wildman–Crippen LogP) is 0.982. The SMILES string of the molecule is CN1CCOC(CNc2ncncc2Br)C1. The minimum atomic E-state index is 0.223. The van der Waals surface area contributed by atoms with Crippen LogP contribution in [-0.2, 0) is 4.74 Å². The lowest BCUT2D eigenvalue weighted by Gasteiger charge is -2.30. The zero-order valence-corrected chi connectivity index (χ0v) is 10.8. The second-order valence-electron chi connectivity index (χ2n) is 3.86. The van der Waals surface area contributed by atoms with Gasteiger partial charge < -0.3 is 15.0 Å². The van der Waals surface area contributed by atoms with E-state index in [2.05, 4.69) is 43.2 Å². The van der Waals surface area contributed by atoms with Gasteiger partial charge in [-0.1, -0.05) is 0 Å². The number of likely N-dealkylation sites (N-methyl/N-ethyl adjacent to an activating group) is 1. The summed E-state index contributed by atoms with van der Waals surface area (Å²) in [5.41, 5.74) is 0. The lowest BCUT2D eigenvalue weighted by molar-refractivity contribution is -0.0117. The molecule has 6 heteroatoms. The maximum Gasteiger partial charge on any atom is 0.143 e. The number of hydrogen-bond acceptors (Lipinski definition) is 5. The Morgan fingerprint density at radius 1 is 1.69 bits per heavy atom. The number of nitrogens with one attached hydrogen (secondary N) is 1. The first-order valence-electron chi connectivity index (χ1n) is 5.25. The molecule has 16 heavy (non-hydrogen) atoms. The second-order valence-corrected chi connectivity index (χ2v) is 4.71. The van der Waals surface area contributed by atoms with Crippen LogP contribution in [0.1, 0.15) is 0 Å². The highest BCUT2D eigenvalue weighted by atomic mass is 79.9. The van der Waals surface area contributed by atoms with Crippen molar-refractivity contribution in [1.82, 2.24) is 14.9 Å². The van der Waals surface area contributed by atoms with E-state index in [1.165, 1.54) is 6.33 Å². The molecule has 0 aromatic carbocycles. The Balaban J connectivity index is 1.85. The van der Waals surface area contributed by atoms with Crippen molar-refractivity contribution in [3.05, 3.63) is 17.0 Å². The molecule has 0 saturated carbocycles. The van der Waals surface area contributed by atoms with Crippen molar-refractivity contribution in [3.8, 4) is 0 Å². The zero-order chi connectivity index (χ0) is 11.4. The van der Waals surface area contributed by atoms with E-state index in [1.54, 1.807) is 6.20 Å². The summed E-state index contributed by atoms with van der Waals surface area (Å²) >= 11 is 3.39. The van der Waals surface area contributed by atoms with Crippen LogP contribution in [0.15, 0.2) is 17.0 Å². The fraction of sp³-hybridized carbons (Fsp3) is 0.600. The van der Waals surface area contributed by atoms with Gasteiger partial charge in [0.1, 0.15) is 12.1 Å². The van der Waals surface area contributed by atoms with Crippen molar-refractivity contribution in [2.24, 2.45) is 0 Å². The van der Waals surface area contributed by atoms with Crippen LogP contribution < -0.4 is 5.32 Å². The molecule has 1 fully saturated rings. The van der Waals surface area contributed by atoms with E-state index in [1.807, 2.05) is 0 Å². The van der Waals surface area contributed by atoms with Crippen LogP contribution >= 0.6 is 15.9 Å². The highest BCUT2D eigenvalue weighted by molar-refractivity contribution is 9.10. The van der Waals surface area contributed by atoms with Gasteiger partial charge in [-0.2, -0.15) is 0 Å². The highest BCUT2D eigenvalue weighted by Gasteiger charge is 2.17. The maximum absolute atomic E-state index is 5.65. The van der Waals surface area contributed by atoms with Crippen LogP contribution in [-0.4, -0.2) is 54.3 Å². The van der Waals surface area contributed by atoms with Gasteiger partial charge in [0.2, 0.25) is 0 Å². The van der Waals surface area contributed by atoms with Crippen molar-refractivity contribution < 1.29 is 4.74 Å². The van der Waals surface area contributed by atoms with E-state index in [9.17, 15) is 0 Å². The normalized spacial score (nSPS) is 22.0. The maximum atomic E-state index is 5.65. The third-order valence-electron chi connectivity index (χ3n) is 2.51. The van der Waals surface area contributed by atoms with Crippen molar-refractivity contribution in [2.75, 3.05) is 38.6 Å². The van der Waals surface area contributed by atoms with Gasteiger partial charge >= 0.3 is 0 Å². The van der Waals surface area contributed by atoms with Crippen LogP contribution in [0.25, 0.3) is 0 Å². The van der Waals surface area contributed by atoms with Crippen molar-refractivity contribution in [1.29, 1.82) is 0 Å². The Morgan fingerprint density at radius 3 is 3.31 bits per heavy atom. The van der Waals surface area contributed by atoms with E-state index < -0.39 is 0 Å². The third kappa shape index (κ3) is 3.13. The Kier molecular flexibility index (Phi) is 4.09. The number of nitrogens with zero attached hydrogens (tertiary/aromatic N) is 3. The molecule has 1 aliphatic rings. The molecular formula is C10H15BrN4O. The van der Waals surface area contributed by atoms with Crippen LogP contribution in [0.3, 0.4) is 0 Å². The molecule has 0 aliphatic carbocycles. The zero-order valence-electron chi connectivity index (χ0n) is 9.19. The lowest BCUT2D eigenvalue weighted by atomic mass is 10.3. The van der Waals surface area contributed by atoms with Gasteiger partial charge in [0.15, 0.2) is 0 Å². The molecule has 2 heterocycles. The molecular weight excluding hydrogens is 272 g/mol. The molecule has 1 unspecified atom stereocenters. The summed E-state index contributed by atoms with van der Waals surface area (Å²) < 4.78 is 6.52. The molecule has 0 bridgehead atoms. The topological polar surface area (TPSA) is 50.3 Å². The fourth-order valence-corrected chi connectivity index (χ4v) is 2.00. The smallest absolute Gasteiger partial charge is 0.143 e. The van der Waals surface area contributed by atoms with E-state index in [4.69, 9.17) is 4.74 Å². The lowest BCUT2D eigenvalue weighted by Crippen LogP contribution is -2.43. The minimum Gasteiger partial charge on any atom is -0.374 e. The van der Waals surface area contributed by atoms with Crippen molar-refractivity contribution in [3.63, 3.8) is 0 Å². The Hall–Kier alpha value is -0.720. The summed E-state index contributed by atoms with van der Waals surface area (Å²) in [6.45, 7) is 3.52. The number of hydrogen-bond donors (Lipinski definition) is 1. The molecule has 0 radical (unpaired) electrons. The van der Waals surface area contributed by atoms with Gasteiger partial charge in [-0.15, -0.1) is 0 Å². The van der Waals surface area contributed by atoms with E-state index in [0.29, 0.717) is 0 Å². The Morgan fingerprint density at radius 2 is 2.56 bits per heavy atom. The molecule has 1 saturated heterocycles. The first-order chi connectivity index (χ1) is 7.75. The van der Waals surface area contributed by atoms with Crippen LogP contribution in [0.4, 0.5) is 5.82 Å². The number of morpholine rings is 1. The molecule has 0 amide bonds. The first kappa shape index (κ1) is 11.8. The van der Waals surface area contributed by atoms with E-state index >= 15 is 0 Å². The third-order valence-corrected chi connectivity index (χ3v) is 3.09. The van der Waals surface area contributed by atoms with Gasteiger partial charge in [-0.05, 0) is 23.0 Å². The molecule has 88 valence electrons. The summed E-state index contributed by atoms with van der Waals surface area (Å²) in [4.78, 5) is 10.3. The van der Waals surface area contributed by atoms with Gasteiger partial charge in [0, 0.05) is 25.8 Å². The van der Waals surface area contributed by atoms with Gasteiger partial charge in [0.05, 0.1) is 17.2 Å². The Labute approximate surface area is 103 Å². The molecule has 1 aromatic rings. The summed E-state index contributed by atoms with van der Waals surface area (Å²) in [6.07, 6.45) is 3.48. The molecule has 0 spiro atoms. The minimum absolute atomic E-state index is 0.223. The Bertz CT molecular complexity index is 349. The van der Waals surface area contributed by atoms with Crippen LogP contribution in [0, 0.1) is 0 Å². The average molecular weight is 287 g/mol.